The minimum atomic E-state index is -0.441. The maximum Gasteiger partial charge on any atom is 0.147 e. The van der Waals surface area contributed by atoms with Crippen LogP contribution in [-0.4, -0.2) is 23.5 Å². The van der Waals surface area contributed by atoms with Crippen LogP contribution in [0.2, 0.25) is 5.02 Å². The molecule has 0 radical (unpaired) electrons. The molecule has 0 aliphatic carbocycles. The molecule has 0 spiro atoms. The van der Waals surface area contributed by atoms with Gasteiger partial charge >= 0.3 is 0 Å². The predicted molar refractivity (Wildman–Crippen MR) is 86.2 cm³/mol. The molecule has 0 aromatic heterocycles. The zero-order valence-electron chi connectivity index (χ0n) is 12.3. The van der Waals surface area contributed by atoms with E-state index in [2.05, 4.69) is 40.1 Å². The summed E-state index contributed by atoms with van der Waals surface area (Å²) in [5, 5.41) is 0.0816. The van der Waals surface area contributed by atoms with Crippen molar-refractivity contribution in [1.82, 2.24) is 10.3 Å². The SMILES string of the molecule is CCN(CC)C(C)(C)C(NN)c1ccc(Br)c(Cl)c1F. The van der Waals surface area contributed by atoms with E-state index in [1.54, 1.807) is 12.1 Å². The van der Waals surface area contributed by atoms with Crippen LogP contribution in [0.5, 0.6) is 0 Å². The Bertz CT molecular complexity index is 464. The first-order valence-corrected chi connectivity index (χ1v) is 7.82. The van der Waals surface area contributed by atoms with Gasteiger partial charge in [-0.15, -0.1) is 0 Å². The largest absolute Gasteiger partial charge is 0.297 e. The highest BCUT2D eigenvalue weighted by Gasteiger charge is 2.36. The van der Waals surface area contributed by atoms with Crippen LogP contribution in [0, 0.1) is 5.82 Å². The van der Waals surface area contributed by atoms with Crippen LogP contribution < -0.4 is 11.3 Å². The zero-order chi connectivity index (χ0) is 15.5. The second-order valence-corrected chi connectivity index (χ2v) is 6.42. The first kappa shape index (κ1) is 17.9. The van der Waals surface area contributed by atoms with Gasteiger partial charge < -0.3 is 0 Å². The van der Waals surface area contributed by atoms with Gasteiger partial charge in [-0.2, -0.15) is 0 Å². The van der Waals surface area contributed by atoms with Gasteiger partial charge in [0, 0.05) is 15.6 Å². The molecule has 3 N–H and O–H groups in total. The monoisotopic (exact) mass is 365 g/mol. The van der Waals surface area contributed by atoms with Crippen LogP contribution in [0.15, 0.2) is 16.6 Å². The van der Waals surface area contributed by atoms with E-state index in [9.17, 15) is 4.39 Å². The summed E-state index contributed by atoms with van der Waals surface area (Å²) in [6.07, 6.45) is 0. The lowest BCUT2D eigenvalue weighted by atomic mass is 9.87. The Kier molecular flexibility index (Phi) is 6.41. The van der Waals surface area contributed by atoms with Gasteiger partial charge in [-0.05, 0) is 48.9 Å². The standard InChI is InChI=1S/C14H22BrClFN3/c1-5-20(6-2)14(3,4)13(19-18)9-7-8-10(15)11(16)12(9)17/h7-8,13,19H,5-6,18H2,1-4H3. The van der Waals surface area contributed by atoms with Crippen molar-refractivity contribution < 1.29 is 4.39 Å². The number of nitrogens with zero attached hydrogens (tertiary/aromatic N) is 1. The zero-order valence-corrected chi connectivity index (χ0v) is 14.6. The Morgan fingerprint density at radius 3 is 2.40 bits per heavy atom. The normalized spacial score (nSPS) is 13.8. The fraction of sp³-hybridized carbons (Fsp3) is 0.571. The molecule has 0 bridgehead atoms. The molecule has 114 valence electrons. The van der Waals surface area contributed by atoms with Gasteiger partial charge in [0.15, 0.2) is 0 Å². The topological polar surface area (TPSA) is 41.3 Å². The Morgan fingerprint density at radius 2 is 1.95 bits per heavy atom. The van der Waals surface area contributed by atoms with E-state index in [0.29, 0.717) is 10.0 Å². The van der Waals surface area contributed by atoms with Crippen molar-refractivity contribution in [2.24, 2.45) is 5.84 Å². The molecule has 0 aliphatic rings. The summed E-state index contributed by atoms with van der Waals surface area (Å²) in [6, 6.07) is 3.08. The van der Waals surface area contributed by atoms with Crippen LogP contribution in [0.3, 0.4) is 0 Å². The van der Waals surface area contributed by atoms with Gasteiger partial charge in [0.1, 0.15) is 5.82 Å². The molecule has 1 atom stereocenters. The van der Waals surface area contributed by atoms with Crippen LogP contribution in [0.4, 0.5) is 4.39 Å². The number of hydrogen-bond donors (Lipinski definition) is 2. The number of nitrogens with one attached hydrogen (secondary N) is 1. The number of benzene rings is 1. The predicted octanol–water partition coefficient (Wildman–Crippen LogP) is 3.87. The van der Waals surface area contributed by atoms with E-state index >= 15 is 0 Å². The van der Waals surface area contributed by atoms with Gasteiger partial charge in [0.05, 0.1) is 11.1 Å². The summed E-state index contributed by atoms with van der Waals surface area (Å²) >= 11 is 9.20. The number of nitrogens with two attached hydrogens (primary N) is 1. The fourth-order valence-corrected chi connectivity index (χ4v) is 3.14. The molecular formula is C14H22BrClFN3. The van der Waals surface area contributed by atoms with Crippen LogP contribution in [-0.2, 0) is 0 Å². The highest BCUT2D eigenvalue weighted by Crippen LogP contribution is 2.36. The molecule has 3 nitrogen and oxygen atoms in total. The Balaban J connectivity index is 3.29. The third-order valence-corrected chi connectivity index (χ3v) is 5.09. The minimum Gasteiger partial charge on any atom is -0.297 e. The third kappa shape index (κ3) is 3.34. The quantitative estimate of drug-likeness (QED) is 0.456. The molecule has 20 heavy (non-hydrogen) atoms. The second kappa shape index (κ2) is 7.18. The van der Waals surface area contributed by atoms with Crippen LogP contribution >= 0.6 is 27.5 Å². The van der Waals surface area contributed by atoms with Gasteiger partial charge in [-0.1, -0.05) is 31.5 Å². The number of likely N-dealkylation sites (N-methyl/N-ethyl adjacent to an activating group) is 1. The number of hydrazine groups is 1. The van der Waals surface area contributed by atoms with Gasteiger partial charge in [0.2, 0.25) is 0 Å². The highest BCUT2D eigenvalue weighted by molar-refractivity contribution is 9.10. The lowest BCUT2D eigenvalue weighted by Gasteiger charge is -2.43. The Morgan fingerprint density at radius 1 is 1.40 bits per heavy atom. The van der Waals surface area contributed by atoms with E-state index in [-0.39, 0.29) is 16.6 Å². The average molecular weight is 367 g/mol. The first-order valence-electron chi connectivity index (χ1n) is 6.65. The molecule has 0 heterocycles. The maximum atomic E-state index is 14.4. The van der Waals surface area contributed by atoms with Gasteiger partial charge in [-0.3, -0.25) is 16.2 Å². The summed E-state index contributed by atoms with van der Waals surface area (Å²) in [7, 11) is 0. The Labute approximate surface area is 133 Å². The number of halogens is 3. The lowest BCUT2D eigenvalue weighted by Crippen LogP contribution is -2.54. The molecule has 0 amide bonds. The van der Waals surface area contributed by atoms with Crippen molar-refractivity contribution in [2.75, 3.05) is 13.1 Å². The van der Waals surface area contributed by atoms with Crippen LogP contribution in [0.1, 0.15) is 39.3 Å². The molecule has 0 saturated heterocycles. The molecule has 6 heteroatoms. The molecule has 1 aromatic carbocycles. The van der Waals surface area contributed by atoms with Crippen molar-refractivity contribution in [3.05, 3.63) is 33.0 Å². The smallest absolute Gasteiger partial charge is 0.147 e. The Hall–Kier alpha value is -0.200. The number of rotatable bonds is 6. The van der Waals surface area contributed by atoms with Crippen molar-refractivity contribution in [1.29, 1.82) is 0 Å². The molecule has 1 unspecified atom stereocenters. The van der Waals surface area contributed by atoms with Crippen molar-refractivity contribution in [2.45, 2.75) is 39.3 Å². The van der Waals surface area contributed by atoms with E-state index in [4.69, 9.17) is 17.4 Å². The average Bonchev–Trinajstić information content (AvgIpc) is 2.40. The van der Waals surface area contributed by atoms with Crippen molar-refractivity contribution in [3.8, 4) is 0 Å². The van der Waals surface area contributed by atoms with E-state index in [0.717, 1.165) is 13.1 Å². The molecular weight excluding hydrogens is 345 g/mol. The van der Waals surface area contributed by atoms with E-state index in [1.165, 1.54) is 0 Å². The maximum absolute atomic E-state index is 14.4. The fourth-order valence-electron chi connectivity index (χ4n) is 2.66. The molecule has 0 aliphatic heterocycles. The van der Waals surface area contributed by atoms with E-state index in [1.807, 2.05) is 13.8 Å². The summed E-state index contributed by atoms with van der Waals surface area (Å²) in [5.74, 6) is 5.26. The first-order chi connectivity index (χ1) is 9.31. The van der Waals surface area contributed by atoms with Gasteiger partial charge in [-0.25, -0.2) is 4.39 Å². The second-order valence-electron chi connectivity index (χ2n) is 5.19. The minimum absolute atomic E-state index is 0.0816. The molecule has 1 aromatic rings. The summed E-state index contributed by atoms with van der Waals surface area (Å²) < 4.78 is 15.0. The summed E-state index contributed by atoms with van der Waals surface area (Å²) in [5.41, 5.74) is 2.86. The summed E-state index contributed by atoms with van der Waals surface area (Å²) in [4.78, 5) is 2.23. The lowest BCUT2D eigenvalue weighted by molar-refractivity contribution is 0.0897. The summed E-state index contributed by atoms with van der Waals surface area (Å²) in [6.45, 7) is 9.94. The molecule has 0 saturated carbocycles. The van der Waals surface area contributed by atoms with Crippen molar-refractivity contribution in [3.63, 3.8) is 0 Å². The van der Waals surface area contributed by atoms with Crippen molar-refractivity contribution >= 4 is 27.5 Å². The highest BCUT2D eigenvalue weighted by atomic mass is 79.9. The third-order valence-electron chi connectivity index (χ3n) is 3.83. The number of hydrogen-bond acceptors (Lipinski definition) is 3. The van der Waals surface area contributed by atoms with E-state index < -0.39 is 5.82 Å². The molecule has 1 rings (SSSR count). The van der Waals surface area contributed by atoms with Gasteiger partial charge in [0.25, 0.3) is 0 Å². The molecule has 0 fully saturated rings. The van der Waals surface area contributed by atoms with Crippen LogP contribution in [0.25, 0.3) is 0 Å².